The molecular formula is C15H16N2O6. The van der Waals surface area contributed by atoms with Gasteiger partial charge in [-0.25, -0.2) is 4.79 Å². The Morgan fingerprint density at radius 2 is 2.13 bits per heavy atom. The summed E-state index contributed by atoms with van der Waals surface area (Å²) >= 11 is 0. The molecule has 0 bridgehead atoms. The highest BCUT2D eigenvalue weighted by Gasteiger charge is 2.21. The summed E-state index contributed by atoms with van der Waals surface area (Å²) < 4.78 is 21.0. The number of rotatable bonds is 6. The lowest BCUT2D eigenvalue weighted by Gasteiger charge is -2.21. The minimum Gasteiger partial charge on any atom is -0.493 e. The van der Waals surface area contributed by atoms with E-state index in [2.05, 4.69) is 5.32 Å². The highest BCUT2D eigenvalue weighted by atomic mass is 16.6. The van der Waals surface area contributed by atoms with E-state index < -0.39 is 18.5 Å². The fourth-order valence-corrected chi connectivity index (χ4v) is 1.91. The van der Waals surface area contributed by atoms with E-state index in [9.17, 15) is 9.59 Å². The van der Waals surface area contributed by atoms with Gasteiger partial charge in [0, 0.05) is 6.54 Å². The zero-order chi connectivity index (χ0) is 16.7. The predicted molar refractivity (Wildman–Crippen MR) is 77.5 cm³/mol. The summed E-state index contributed by atoms with van der Waals surface area (Å²) in [6.07, 6.45) is 0.193. The van der Waals surface area contributed by atoms with E-state index in [1.807, 2.05) is 6.07 Å². The van der Waals surface area contributed by atoms with Crippen LogP contribution in [0.4, 0.5) is 0 Å². The zero-order valence-corrected chi connectivity index (χ0v) is 12.6. The normalized spacial score (nSPS) is 12.0. The van der Waals surface area contributed by atoms with Crippen molar-refractivity contribution < 1.29 is 28.5 Å². The molecule has 1 aromatic carbocycles. The molecule has 8 nitrogen and oxygen atoms in total. The number of amides is 1. The average Bonchev–Trinajstić information content (AvgIpc) is 2.58. The number of fused-ring (bicyclic) bond motifs is 1. The lowest BCUT2D eigenvalue weighted by molar-refractivity contribution is -0.124. The molecule has 0 spiro atoms. The molecule has 23 heavy (non-hydrogen) atoms. The van der Waals surface area contributed by atoms with Crippen LogP contribution in [0.15, 0.2) is 12.1 Å². The van der Waals surface area contributed by atoms with Crippen LogP contribution in [0.25, 0.3) is 0 Å². The van der Waals surface area contributed by atoms with Gasteiger partial charge in [0.25, 0.3) is 5.91 Å². The minimum atomic E-state index is -0.685. The average molecular weight is 320 g/mol. The Labute approximate surface area is 132 Å². The molecule has 0 radical (unpaired) electrons. The van der Waals surface area contributed by atoms with Crippen molar-refractivity contribution in [3.05, 3.63) is 17.7 Å². The first kappa shape index (κ1) is 16.4. The summed E-state index contributed by atoms with van der Waals surface area (Å²) in [5.74, 6) is 0.0204. The van der Waals surface area contributed by atoms with Gasteiger partial charge in [-0.2, -0.15) is 5.26 Å². The fraction of sp³-hybridized carbons (Fsp3) is 0.400. The van der Waals surface area contributed by atoms with Crippen LogP contribution in [0.2, 0.25) is 0 Å². The van der Waals surface area contributed by atoms with Gasteiger partial charge in [0.2, 0.25) is 5.75 Å². The number of carbonyl (C=O) groups excluding carboxylic acids is 2. The molecule has 1 amide bonds. The maximum atomic E-state index is 12.0. The molecule has 0 aromatic heterocycles. The van der Waals surface area contributed by atoms with Gasteiger partial charge in [-0.3, -0.25) is 4.79 Å². The van der Waals surface area contributed by atoms with Crippen LogP contribution in [0.3, 0.4) is 0 Å². The number of carbonyl (C=O) groups is 2. The Morgan fingerprint density at radius 3 is 2.87 bits per heavy atom. The Balaban J connectivity index is 1.99. The zero-order valence-electron chi connectivity index (χ0n) is 12.6. The molecule has 8 heteroatoms. The van der Waals surface area contributed by atoms with Crippen molar-refractivity contribution in [3.63, 3.8) is 0 Å². The summed E-state index contributed by atoms with van der Waals surface area (Å²) in [6, 6.07) is 4.83. The number of ether oxygens (including phenoxy) is 4. The molecule has 1 aliphatic heterocycles. The van der Waals surface area contributed by atoms with Crippen molar-refractivity contribution in [1.82, 2.24) is 5.32 Å². The maximum Gasteiger partial charge on any atom is 0.338 e. The van der Waals surface area contributed by atoms with Crippen LogP contribution in [0.1, 0.15) is 16.8 Å². The smallest absolute Gasteiger partial charge is 0.338 e. The quantitative estimate of drug-likeness (QED) is 0.606. The lowest BCUT2D eigenvalue weighted by Crippen LogP contribution is -2.29. The molecule has 0 saturated carbocycles. The van der Waals surface area contributed by atoms with Crippen molar-refractivity contribution >= 4 is 11.9 Å². The first-order chi connectivity index (χ1) is 11.2. The van der Waals surface area contributed by atoms with E-state index in [4.69, 9.17) is 24.2 Å². The fourth-order valence-electron chi connectivity index (χ4n) is 1.91. The molecule has 0 aliphatic carbocycles. The third kappa shape index (κ3) is 4.26. The molecule has 0 fully saturated rings. The van der Waals surface area contributed by atoms with Gasteiger partial charge in [0.15, 0.2) is 18.1 Å². The maximum absolute atomic E-state index is 12.0. The van der Waals surface area contributed by atoms with Crippen LogP contribution in [-0.4, -0.2) is 45.4 Å². The summed E-state index contributed by atoms with van der Waals surface area (Å²) in [5.41, 5.74) is 0.191. The van der Waals surface area contributed by atoms with Gasteiger partial charge >= 0.3 is 5.97 Å². The Hall–Kier alpha value is -2.95. The summed E-state index contributed by atoms with van der Waals surface area (Å²) in [7, 11) is 1.45. The first-order valence-electron chi connectivity index (χ1n) is 6.94. The van der Waals surface area contributed by atoms with Gasteiger partial charge < -0.3 is 24.3 Å². The molecule has 1 aromatic rings. The monoisotopic (exact) mass is 320 g/mol. The van der Waals surface area contributed by atoms with Crippen molar-refractivity contribution in [3.8, 4) is 23.3 Å². The van der Waals surface area contributed by atoms with Gasteiger partial charge in [0.1, 0.15) is 13.2 Å². The first-order valence-corrected chi connectivity index (χ1v) is 6.94. The van der Waals surface area contributed by atoms with Crippen molar-refractivity contribution in [2.75, 3.05) is 33.5 Å². The SMILES string of the molecule is COc1cc(C(=O)OCC(=O)NCCC#N)cc2c1OCCO2. The van der Waals surface area contributed by atoms with Crippen molar-refractivity contribution in [1.29, 1.82) is 5.26 Å². The third-order valence-electron chi connectivity index (χ3n) is 2.96. The van der Waals surface area contributed by atoms with Gasteiger partial charge in [0.05, 0.1) is 25.2 Å². The number of hydrogen-bond acceptors (Lipinski definition) is 7. The van der Waals surface area contributed by atoms with Crippen LogP contribution < -0.4 is 19.5 Å². The van der Waals surface area contributed by atoms with Crippen LogP contribution in [-0.2, 0) is 9.53 Å². The van der Waals surface area contributed by atoms with Crippen molar-refractivity contribution in [2.45, 2.75) is 6.42 Å². The molecular weight excluding hydrogens is 304 g/mol. The van der Waals surface area contributed by atoms with Gasteiger partial charge in [-0.05, 0) is 12.1 Å². The second-order valence-corrected chi connectivity index (χ2v) is 4.54. The number of methoxy groups -OCH3 is 1. The van der Waals surface area contributed by atoms with E-state index in [1.54, 1.807) is 0 Å². The highest BCUT2D eigenvalue weighted by molar-refractivity contribution is 5.92. The minimum absolute atomic E-state index is 0.191. The molecule has 0 atom stereocenters. The van der Waals surface area contributed by atoms with E-state index in [0.717, 1.165) is 0 Å². The largest absolute Gasteiger partial charge is 0.493 e. The number of hydrogen-bond donors (Lipinski definition) is 1. The predicted octanol–water partition coefficient (Wildman–Crippen LogP) is 0.653. The van der Waals surface area contributed by atoms with Crippen molar-refractivity contribution in [2.24, 2.45) is 0 Å². The van der Waals surface area contributed by atoms with Crippen LogP contribution in [0.5, 0.6) is 17.2 Å². The Bertz CT molecular complexity index is 620. The lowest BCUT2D eigenvalue weighted by atomic mass is 10.1. The molecule has 0 unspecified atom stereocenters. The second kappa shape index (κ2) is 7.89. The van der Waals surface area contributed by atoms with Gasteiger partial charge in [-0.1, -0.05) is 0 Å². The number of benzene rings is 1. The number of esters is 1. The summed E-state index contributed by atoms with van der Waals surface area (Å²) in [5, 5.41) is 10.8. The standard InChI is InChI=1S/C15H16N2O6/c1-20-11-7-10(8-12-14(11)22-6-5-21-12)15(19)23-9-13(18)17-4-2-3-16/h7-8H,2,4-6,9H2,1H3,(H,17,18). The van der Waals surface area contributed by atoms with E-state index in [0.29, 0.717) is 30.5 Å². The molecule has 0 saturated heterocycles. The molecule has 2 rings (SSSR count). The second-order valence-electron chi connectivity index (χ2n) is 4.54. The topological polar surface area (TPSA) is 107 Å². The van der Waals surface area contributed by atoms with Crippen LogP contribution in [0, 0.1) is 11.3 Å². The summed E-state index contributed by atoms with van der Waals surface area (Å²) in [4.78, 5) is 23.5. The van der Waals surface area contributed by atoms with E-state index in [1.165, 1.54) is 19.2 Å². The molecule has 122 valence electrons. The number of nitrogens with one attached hydrogen (secondary N) is 1. The number of nitrogens with zero attached hydrogens (tertiary/aromatic N) is 1. The molecule has 1 aliphatic rings. The van der Waals surface area contributed by atoms with Gasteiger partial charge in [-0.15, -0.1) is 0 Å². The molecule has 1 heterocycles. The number of nitriles is 1. The summed E-state index contributed by atoms with van der Waals surface area (Å²) in [6.45, 7) is 0.553. The Morgan fingerprint density at radius 1 is 1.35 bits per heavy atom. The van der Waals surface area contributed by atoms with E-state index in [-0.39, 0.29) is 18.5 Å². The molecule has 1 N–H and O–H groups in total. The highest BCUT2D eigenvalue weighted by Crippen LogP contribution is 2.40. The van der Waals surface area contributed by atoms with E-state index >= 15 is 0 Å². The third-order valence-corrected chi connectivity index (χ3v) is 2.96. The Kier molecular flexibility index (Phi) is 5.63. The van der Waals surface area contributed by atoms with Crippen LogP contribution >= 0.6 is 0 Å².